The summed E-state index contributed by atoms with van der Waals surface area (Å²) < 4.78 is 46.9. The number of ether oxygens (including phenoxy) is 1. The Hall–Kier alpha value is -3.91. The number of aromatic nitrogens is 1. The Bertz CT molecular complexity index is 1470. The molecule has 0 aliphatic carbocycles. The number of methoxy groups -OCH3 is 1. The molecule has 1 aliphatic rings. The number of carbonyl (C=O) groups excluding carboxylic acids is 1. The maximum atomic E-state index is 13.7. The van der Waals surface area contributed by atoms with Crippen molar-refractivity contribution in [3.63, 3.8) is 0 Å². The van der Waals surface area contributed by atoms with Gasteiger partial charge in [-0.2, -0.15) is 13.2 Å². The summed E-state index contributed by atoms with van der Waals surface area (Å²) in [4.78, 5) is 17.4. The molecule has 9 heteroatoms. The first kappa shape index (κ1) is 26.7. The van der Waals surface area contributed by atoms with E-state index in [0.717, 1.165) is 40.5 Å². The van der Waals surface area contributed by atoms with Gasteiger partial charge in [0, 0.05) is 48.3 Å². The van der Waals surface area contributed by atoms with Crippen LogP contribution in [0.5, 0.6) is 5.75 Å². The molecule has 0 bridgehead atoms. The number of hydrogen-bond donors (Lipinski definition) is 0. The van der Waals surface area contributed by atoms with Gasteiger partial charge in [0.05, 0.1) is 23.9 Å². The van der Waals surface area contributed by atoms with E-state index in [2.05, 4.69) is 0 Å². The summed E-state index contributed by atoms with van der Waals surface area (Å²) in [5.74, 6) is 0.616. The van der Waals surface area contributed by atoms with Gasteiger partial charge in [0.25, 0.3) is 5.91 Å². The van der Waals surface area contributed by atoms with Crippen LogP contribution in [0.2, 0.25) is 5.02 Å². The predicted octanol–water partition coefficient (Wildman–Crippen LogP) is 7.10. The SMILES string of the molecule is COc1ccc(-n2c(-c3ccc(Cl)cc3)cc(C(=O)N3CCN(c4cccc(C(F)(F)F)c4)CC3)c2C)cc1. The average Bonchev–Trinajstić information content (AvgIpc) is 3.29. The van der Waals surface area contributed by atoms with E-state index in [1.165, 1.54) is 6.07 Å². The number of nitrogens with zero attached hydrogens (tertiary/aromatic N) is 3. The third-order valence-corrected chi connectivity index (χ3v) is 7.31. The van der Waals surface area contributed by atoms with Crippen molar-refractivity contribution in [1.29, 1.82) is 0 Å². The van der Waals surface area contributed by atoms with Gasteiger partial charge in [-0.25, -0.2) is 0 Å². The molecule has 2 heterocycles. The molecule has 1 amide bonds. The van der Waals surface area contributed by atoms with Gasteiger partial charge in [0.15, 0.2) is 0 Å². The zero-order valence-corrected chi connectivity index (χ0v) is 22.3. The second kappa shape index (κ2) is 10.7. The Morgan fingerprint density at radius 1 is 0.872 bits per heavy atom. The number of alkyl halides is 3. The van der Waals surface area contributed by atoms with Crippen LogP contribution in [0.1, 0.15) is 21.6 Å². The number of benzene rings is 3. The van der Waals surface area contributed by atoms with Gasteiger partial charge in [0.1, 0.15) is 5.75 Å². The van der Waals surface area contributed by atoms with Crippen molar-refractivity contribution in [3.8, 4) is 22.7 Å². The van der Waals surface area contributed by atoms with Crippen LogP contribution in [0.4, 0.5) is 18.9 Å². The lowest BCUT2D eigenvalue weighted by atomic mass is 10.1. The van der Waals surface area contributed by atoms with E-state index in [9.17, 15) is 18.0 Å². The highest BCUT2D eigenvalue weighted by Crippen LogP contribution is 2.33. The highest BCUT2D eigenvalue weighted by atomic mass is 35.5. The van der Waals surface area contributed by atoms with Crippen LogP contribution >= 0.6 is 11.6 Å². The molecule has 1 aliphatic heterocycles. The molecule has 0 saturated carbocycles. The second-order valence-corrected chi connectivity index (χ2v) is 9.83. The number of rotatable bonds is 5. The first-order valence-electron chi connectivity index (χ1n) is 12.5. The molecule has 3 aromatic carbocycles. The number of hydrogen-bond acceptors (Lipinski definition) is 3. The molecule has 39 heavy (non-hydrogen) atoms. The summed E-state index contributed by atoms with van der Waals surface area (Å²) in [6, 6.07) is 22.3. The monoisotopic (exact) mass is 553 g/mol. The van der Waals surface area contributed by atoms with Crippen LogP contribution in [0.25, 0.3) is 16.9 Å². The number of halogens is 4. The molecule has 0 spiro atoms. The Kier molecular flexibility index (Phi) is 7.32. The standard InChI is InChI=1S/C30H27ClF3N3O2/c1-20-27(29(38)36-16-14-35(15-17-36)25-5-3-4-22(18-25)30(32,33)34)19-28(21-6-8-23(31)9-7-21)37(20)24-10-12-26(39-2)13-11-24/h3-13,18-19H,14-17H2,1-2H3. The van der Waals surface area contributed by atoms with Gasteiger partial charge in [-0.1, -0.05) is 29.8 Å². The van der Waals surface area contributed by atoms with E-state index in [1.54, 1.807) is 18.1 Å². The third kappa shape index (κ3) is 5.47. The summed E-state index contributed by atoms with van der Waals surface area (Å²) in [5, 5.41) is 0.618. The van der Waals surface area contributed by atoms with E-state index in [4.69, 9.17) is 16.3 Å². The van der Waals surface area contributed by atoms with Crippen LogP contribution in [0.15, 0.2) is 78.9 Å². The fraction of sp³-hybridized carbons (Fsp3) is 0.233. The van der Waals surface area contributed by atoms with Crippen molar-refractivity contribution in [1.82, 2.24) is 9.47 Å². The lowest BCUT2D eigenvalue weighted by molar-refractivity contribution is -0.137. The Labute approximate surface area is 230 Å². The lowest BCUT2D eigenvalue weighted by Gasteiger charge is -2.36. The van der Waals surface area contributed by atoms with Crippen molar-refractivity contribution in [2.45, 2.75) is 13.1 Å². The zero-order chi connectivity index (χ0) is 27.7. The highest BCUT2D eigenvalue weighted by molar-refractivity contribution is 6.30. The van der Waals surface area contributed by atoms with Crippen molar-refractivity contribution >= 4 is 23.2 Å². The first-order chi connectivity index (χ1) is 18.7. The molecule has 1 fully saturated rings. The number of anilines is 1. The number of amides is 1. The molecule has 202 valence electrons. The minimum Gasteiger partial charge on any atom is -0.497 e. The fourth-order valence-electron chi connectivity index (χ4n) is 4.94. The molecular weight excluding hydrogens is 527 g/mol. The van der Waals surface area contributed by atoms with Crippen LogP contribution in [0.3, 0.4) is 0 Å². The summed E-state index contributed by atoms with van der Waals surface area (Å²) in [6.07, 6.45) is -4.40. The van der Waals surface area contributed by atoms with Gasteiger partial charge in [0.2, 0.25) is 0 Å². The molecule has 0 N–H and O–H groups in total. The summed E-state index contributed by atoms with van der Waals surface area (Å²) in [7, 11) is 1.61. The highest BCUT2D eigenvalue weighted by Gasteiger charge is 2.32. The largest absolute Gasteiger partial charge is 0.497 e. The topological polar surface area (TPSA) is 37.7 Å². The van der Waals surface area contributed by atoms with Gasteiger partial charge in [-0.15, -0.1) is 0 Å². The molecule has 0 atom stereocenters. The van der Waals surface area contributed by atoms with E-state index >= 15 is 0 Å². The third-order valence-electron chi connectivity index (χ3n) is 7.05. The first-order valence-corrected chi connectivity index (χ1v) is 12.9. The molecule has 0 unspecified atom stereocenters. The van der Waals surface area contributed by atoms with Gasteiger partial charge in [-0.3, -0.25) is 4.79 Å². The quantitative estimate of drug-likeness (QED) is 0.265. The minimum absolute atomic E-state index is 0.112. The normalized spacial score (nSPS) is 14.0. The van der Waals surface area contributed by atoms with Crippen LogP contribution in [0, 0.1) is 6.92 Å². The summed E-state index contributed by atoms with van der Waals surface area (Å²) in [6.45, 7) is 3.59. The Morgan fingerprint density at radius 3 is 2.15 bits per heavy atom. The minimum atomic E-state index is -4.40. The molecular formula is C30H27ClF3N3O2. The van der Waals surface area contributed by atoms with Crippen LogP contribution in [-0.2, 0) is 6.18 Å². The summed E-state index contributed by atoms with van der Waals surface area (Å²) in [5.41, 5.74) is 3.82. The molecule has 1 saturated heterocycles. The lowest BCUT2D eigenvalue weighted by Crippen LogP contribution is -2.49. The van der Waals surface area contributed by atoms with E-state index < -0.39 is 11.7 Å². The predicted molar refractivity (Wildman–Crippen MR) is 147 cm³/mol. The molecule has 5 rings (SSSR count). The average molecular weight is 554 g/mol. The van der Waals surface area contributed by atoms with E-state index in [1.807, 2.05) is 71.0 Å². The maximum absolute atomic E-state index is 13.7. The molecule has 1 aromatic heterocycles. The molecule has 0 radical (unpaired) electrons. The van der Waals surface area contributed by atoms with Crippen molar-refractivity contribution in [2.24, 2.45) is 0 Å². The van der Waals surface area contributed by atoms with Crippen molar-refractivity contribution < 1.29 is 22.7 Å². The van der Waals surface area contributed by atoms with Crippen molar-refractivity contribution in [2.75, 3.05) is 38.2 Å². The second-order valence-electron chi connectivity index (χ2n) is 9.40. The van der Waals surface area contributed by atoms with Crippen LogP contribution in [-0.4, -0.2) is 48.7 Å². The van der Waals surface area contributed by atoms with Crippen molar-refractivity contribution in [3.05, 3.63) is 101 Å². The maximum Gasteiger partial charge on any atom is 0.416 e. The smallest absolute Gasteiger partial charge is 0.416 e. The van der Waals surface area contributed by atoms with E-state index in [0.29, 0.717) is 42.5 Å². The Morgan fingerprint density at radius 2 is 1.54 bits per heavy atom. The zero-order valence-electron chi connectivity index (χ0n) is 21.5. The molecule has 5 nitrogen and oxygen atoms in total. The fourth-order valence-corrected chi connectivity index (χ4v) is 5.06. The van der Waals surface area contributed by atoms with Crippen LogP contribution < -0.4 is 9.64 Å². The number of piperazine rings is 1. The number of carbonyl (C=O) groups is 1. The van der Waals surface area contributed by atoms with Gasteiger partial charge < -0.3 is 19.1 Å². The molecule has 4 aromatic rings. The Balaban J connectivity index is 1.42. The van der Waals surface area contributed by atoms with Gasteiger partial charge >= 0.3 is 6.18 Å². The van der Waals surface area contributed by atoms with E-state index in [-0.39, 0.29) is 5.91 Å². The van der Waals surface area contributed by atoms with Gasteiger partial charge in [-0.05, 0) is 73.2 Å². The summed E-state index contributed by atoms with van der Waals surface area (Å²) >= 11 is 6.12.